The third kappa shape index (κ3) is 5.10. The first-order valence-corrected chi connectivity index (χ1v) is 8.32. The quantitative estimate of drug-likeness (QED) is 0.599. The van der Waals surface area contributed by atoms with E-state index in [1.54, 1.807) is 6.92 Å². The number of amides is 2. The Bertz CT molecular complexity index is 620. The Hall–Kier alpha value is -2.33. The summed E-state index contributed by atoms with van der Waals surface area (Å²) in [6, 6.07) is 19.3. The van der Waals surface area contributed by atoms with Gasteiger partial charge in [0, 0.05) is 13.1 Å². The molecule has 5 heteroatoms. The number of benzene rings is 2. The van der Waals surface area contributed by atoms with Gasteiger partial charge in [-0.1, -0.05) is 60.7 Å². The minimum Gasteiger partial charge on any atom is -0.354 e. The van der Waals surface area contributed by atoms with Gasteiger partial charge in [0.1, 0.15) is 5.38 Å². The fourth-order valence-corrected chi connectivity index (χ4v) is 2.48. The molecule has 0 aliphatic carbocycles. The maximum atomic E-state index is 12.7. The van der Waals surface area contributed by atoms with Gasteiger partial charge >= 0.3 is 0 Å². The van der Waals surface area contributed by atoms with E-state index >= 15 is 0 Å². The molecular formula is C19H21ClN2O2. The summed E-state index contributed by atoms with van der Waals surface area (Å²) < 4.78 is 0. The van der Waals surface area contributed by atoms with Crippen LogP contribution < -0.4 is 10.6 Å². The second kappa shape index (κ2) is 9.08. The molecular weight excluding hydrogens is 324 g/mol. The molecule has 0 radical (unpaired) electrons. The summed E-state index contributed by atoms with van der Waals surface area (Å²) in [5, 5.41) is 4.97. The summed E-state index contributed by atoms with van der Waals surface area (Å²) in [6.45, 7) is 2.30. The molecule has 0 saturated heterocycles. The summed E-state index contributed by atoms with van der Waals surface area (Å²) in [5.41, 5.74) is 1.86. The highest BCUT2D eigenvalue weighted by Crippen LogP contribution is 2.24. The fraction of sp³-hybridized carbons (Fsp3) is 0.263. The van der Waals surface area contributed by atoms with Crippen molar-refractivity contribution in [1.82, 2.24) is 10.6 Å². The zero-order valence-electron chi connectivity index (χ0n) is 13.5. The molecule has 126 valence electrons. The topological polar surface area (TPSA) is 58.2 Å². The number of nitrogens with one attached hydrogen (secondary N) is 2. The molecule has 0 spiro atoms. The molecule has 2 rings (SSSR count). The van der Waals surface area contributed by atoms with E-state index in [1.807, 2.05) is 60.7 Å². The van der Waals surface area contributed by atoms with Crippen molar-refractivity contribution in [2.75, 3.05) is 13.1 Å². The van der Waals surface area contributed by atoms with E-state index in [0.717, 1.165) is 11.1 Å². The van der Waals surface area contributed by atoms with Crippen LogP contribution in [-0.2, 0) is 9.59 Å². The SMILES string of the molecule is CC(Cl)C(=O)NCCNC(=O)C(c1ccccc1)c1ccccc1. The predicted octanol–water partition coefficient (Wildman–Crippen LogP) is 2.68. The maximum Gasteiger partial charge on any atom is 0.237 e. The highest BCUT2D eigenvalue weighted by atomic mass is 35.5. The Labute approximate surface area is 147 Å². The molecule has 2 aromatic rings. The highest BCUT2D eigenvalue weighted by Gasteiger charge is 2.22. The molecule has 4 nitrogen and oxygen atoms in total. The minimum absolute atomic E-state index is 0.0967. The second-order valence-corrected chi connectivity index (χ2v) is 6.11. The van der Waals surface area contributed by atoms with Gasteiger partial charge in [-0.05, 0) is 18.1 Å². The van der Waals surface area contributed by atoms with E-state index in [-0.39, 0.29) is 17.7 Å². The normalized spacial score (nSPS) is 11.8. The van der Waals surface area contributed by atoms with E-state index < -0.39 is 5.38 Å². The van der Waals surface area contributed by atoms with Gasteiger partial charge in [0.15, 0.2) is 0 Å². The largest absolute Gasteiger partial charge is 0.354 e. The van der Waals surface area contributed by atoms with Crippen LogP contribution in [-0.4, -0.2) is 30.3 Å². The lowest BCUT2D eigenvalue weighted by Gasteiger charge is -2.18. The van der Waals surface area contributed by atoms with E-state index in [0.29, 0.717) is 13.1 Å². The molecule has 2 amide bonds. The number of rotatable bonds is 7. The summed E-state index contributed by atoms with van der Waals surface area (Å²) in [4.78, 5) is 24.1. The zero-order valence-corrected chi connectivity index (χ0v) is 14.3. The number of carbonyl (C=O) groups is 2. The van der Waals surface area contributed by atoms with Gasteiger partial charge in [-0.25, -0.2) is 0 Å². The average molecular weight is 345 g/mol. The van der Waals surface area contributed by atoms with Crippen LogP contribution in [0.2, 0.25) is 0 Å². The fourth-order valence-electron chi connectivity index (χ4n) is 2.40. The first-order chi connectivity index (χ1) is 11.6. The van der Waals surface area contributed by atoms with Crippen molar-refractivity contribution in [2.24, 2.45) is 0 Å². The van der Waals surface area contributed by atoms with Gasteiger partial charge < -0.3 is 10.6 Å². The van der Waals surface area contributed by atoms with Crippen LogP contribution in [0.5, 0.6) is 0 Å². The highest BCUT2D eigenvalue weighted by molar-refractivity contribution is 6.30. The minimum atomic E-state index is -0.581. The van der Waals surface area contributed by atoms with E-state index in [9.17, 15) is 9.59 Å². The summed E-state index contributed by atoms with van der Waals surface area (Å²) in [5.74, 6) is -0.718. The maximum absolute atomic E-state index is 12.7. The van der Waals surface area contributed by atoms with Crippen LogP contribution in [0, 0.1) is 0 Å². The molecule has 1 atom stereocenters. The number of carbonyl (C=O) groups excluding carboxylic acids is 2. The average Bonchev–Trinajstić information content (AvgIpc) is 2.60. The third-order valence-corrected chi connectivity index (χ3v) is 3.81. The molecule has 0 saturated carbocycles. The van der Waals surface area contributed by atoms with Crippen LogP contribution in [0.15, 0.2) is 60.7 Å². The van der Waals surface area contributed by atoms with Crippen LogP contribution in [0.25, 0.3) is 0 Å². The first-order valence-electron chi connectivity index (χ1n) is 7.89. The first kappa shape index (κ1) is 18.0. The van der Waals surface area contributed by atoms with Crippen LogP contribution in [0.4, 0.5) is 0 Å². The van der Waals surface area contributed by atoms with Crippen molar-refractivity contribution < 1.29 is 9.59 Å². The van der Waals surface area contributed by atoms with Crippen LogP contribution in [0.3, 0.4) is 0 Å². The lowest BCUT2D eigenvalue weighted by molar-refractivity contribution is -0.123. The number of halogens is 1. The van der Waals surface area contributed by atoms with E-state index in [4.69, 9.17) is 11.6 Å². The lowest BCUT2D eigenvalue weighted by Crippen LogP contribution is -2.39. The van der Waals surface area contributed by atoms with Crippen molar-refractivity contribution in [1.29, 1.82) is 0 Å². The van der Waals surface area contributed by atoms with Gasteiger partial charge in [0.05, 0.1) is 5.92 Å². The van der Waals surface area contributed by atoms with E-state index in [1.165, 1.54) is 0 Å². The van der Waals surface area contributed by atoms with Gasteiger partial charge in [-0.3, -0.25) is 9.59 Å². The number of alkyl halides is 1. The third-order valence-electron chi connectivity index (χ3n) is 3.61. The van der Waals surface area contributed by atoms with Crippen molar-refractivity contribution in [3.8, 4) is 0 Å². The number of hydrogen-bond acceptors (Lipinski definition) is 2. The molecule has 0 aliphatic rings. The van der Waals surface area contributed by atoms with Crippen molar-refractivity contribution in [3.05, 3.63) is 71.8 Å². The molecule has 2 N–H and O–H groups in total. The second-order valence-electron chi connectivity index (χ2n) is 5.45. The Kier molecular flexibility index (Phi) is 6.82. The molecule has 0 fully saturated rings. The summed E-state index contributed by atoms with van der Waals surface area (Å²) >= 11 is 5.68. The molecule has 0 aliphatic heterocycles. The van der Waals surface area contributed by atoms with Gasteiger partial charge in [-0.2, -0.15) is 0 Å². The Morgan fingerprint density at radius 1 is 0.833 bits per heavy atom. The van der Waals surface area contributed by atoms with Crippen molar-refractivity contribution in [2.45, 2.75) is 18.2 Å². The monoisotopic (exact) mass is 344 g/mol. The standard InChI is InChI=1S/C19H21ClN2O2/c1-14(20)18(23)21-12-13-22-19(24)17(15-8-4-2-5-9-15)16-10-6-3-7-11-16/h2-11,14,17H,12-13H2,1H3,(H,21,23)(H,22,24). The van der Waals surface area contributed by atoms with Crippen molar-refractivity contribution >= 4 is 23.4 Å². The van der Waals surface area contributed by atoms with Gasteiger partial charge in [0.25, 0.3) is 0 Å². The van der Waals surface area contributed by atoms with Crippen LogP contribution >= 0.6 is 11.6 Å². The molecule has 24 heavy (non-hydrogen) atoms. The Balaban J connectivity index is 2.03. The summed E-state index contributed by atoms with van der Waals surface area (Å²) in [6.07, 6.45) is 0. The van der Waals surface area contributed by atoms with Gasteiger partial charge in [0.2, 0.25) is 11.8 Å². The van der Waals surface area contributed by atoms with Gasteiger partial charge in [-0.15, -0.1) is 11.6 Å². The Morgan fingerprint density at radius 3 is 1.67 bits per heavy atom. The number of hydrogen-bond donors (Lipinski definition) is 2. The Morgan fingerprint density at radius 2 is 1.25 bits per heavy atom. The molecule has 2 aromatic carbocycles. The molecule has 0 bridgehead atoms. The smallest absolute Gasteiger partial charge is 0.237 e. The van der Waals surface area contributed by atoms with E-state index in [2.05, 4.69) is 10.6 Å². The molecule has 0 heterocycles. The predicted molar refractivity (Wildman–Crippen MR) is 96.1 cm³/mol. The lowest BCUT2D eigenvalue weighted by atomic mass is 9.90. The van der Waals surface area contributed by atoms with Crippen molar-refractivity contribution in [3.63, 3.8) is 0 Å². The molecule has 1 unspecified atom stereocenters. The van der Waals surface area contributed by atoms with Crippen LogP contribution in [0.1, 0.15) is 24.0 Å². The summed E-state index contributed by atoms with van der Waals surface area (Å²) in [7, 11) is 0. The zero-order chi connectivity index (χ0) is 17.4. The molecule has 0 aromatic heterocycles.